The van der Waals surface area contributed by atoms with Crippen molar-refractivity contribution in [2.45, 2.75) is 19.4 Å². The Morgan fingerprint density at radius 3 is 2.00 bits per heavy atom. The highest BCUT2D eigenvalue weighted by Gasteiger charge is 2.09. The summed E-state index contributed by atoms with van der Waals surface area (Å²) in [7, 11) is 3.25. The maximum absolute atomic E-state index is 5.51. The highest BCUT2D eigenvalue weighted by molar-refractivity contribution is 5.40. The SMILES string of the molecule is COc1ccc(OC)c(CN)c1.c1ccc2c(c1)CC2. The van der Waals surface area contributed by atoms with Crippen LogP contribution in [0.5, 0.6) is 11.5 Å². The number of hydrogen-bond acceptors (Lipinski definition) is 3. The van der Waals surface area contributed by atoms with Crippen molar-refractivity contribution in [2.24, 2.45) is 5.73 Å². The van der Waals surface area contributed by atoms with Crippen LogP contribution in [-0.4, -0.2) is 14.2 Å². The minimum absolute atomic E-state index is 0.459. The van der Waals surface area contributed by atoms with Gasteiger partial charge in [-0.3, -0.25) is 0 Å². The zero-order chi connectivity index (χ0) is 14.4. The monoisotopic (exact) mass is 271 g/mol. The predicted molar refractivity (Wildman–Crippen MR) is 81.3 cm³/mol. The molecule has 3 nitrogen and oxygen atoms in total. The highest BCUT2D eigenvalue weighted by atomic mass is 16.5. The van der Waals surface area contributed by atoms with Gasteiger partial charge in [-0.05, 0) is 42.2 Å². The summed E-state index contributed by atoms with van der Waals surface area (Å²) in [4.78, 5) is 0. The molecule has 0 aliphatic heterocycles. The third-order valence-electron chi connectivity index (χ3n) is 3.49. The minimum atomic E-state index is 0.459. The zero-order valence-electron chi connectivity index (χ0n) is 12.1. The molecule has 1 aliphatic rings. The Morgan fingerprint density at radius 2 is 1.60 bits per heavy atom. The van der Waals surface area contributed by atoms with Crippen molar-refractivity contribution < 1.29 is 9.47 Å². The van der Waals surface area contributed by atoms with Crippen molar-refractivity contribution in [2.75, 3.05) is 14.2 Å². The van der Waals surface area contributed by atoms with E-state index >= 15 is 0 Å². The van der Waals surface area contributed by atoms with Crippen molar-refractivity contribution in [3.63, 3.8) is 0 Å². The smallest absolute Gasteiger partial charge is 0.123 e. The van der Waals surface area contributed by atoms with E-state index < -0.39 is 0 Å². The van der Waals surface area contributed by atoms with Crippen LogP contribution in [0.25, 0.3) is 0 Å². The van der Waals surface area contributed by atoms with E-state index in [1.807, 2.05) is 18.2 Å². The fourth-order valence-electron chi connectivity index (χ4n) is 2.18. The summed E-state index contributed by atoms with van der Waals surface area (Å²) in [5, 5.41) is 0. The molecule has 0 unspecified atom stereocenters. The fourth-order valence-corrected chi connectivity index (χ4v) is 2.18. The summed E-state index contributed by atoms with van der Waals surface area (Å²) in [6.45, 7) is 0.459. The third-order valence-corrected chi connectivity index (χ3v) is 3.49. The van der Waals surface area contributed by atoms with Crippen LogP contribution in [0, 0.1) is 0 Å². The van der Waals surface area contributed by atoms with E-state index in [0.717, 1.165) is 17.1 Å². The lowest BCUT2D eigenvalue weighted by Crippen LogP contribution is -2.06. The summed E-state index contributed by atoms with van der Waals surface area (Å²) in [5.41, 5.74) is 9.57. The van der Waals surface area contributed by atoms with Gasteiger partial charge in [-0.15, -0.1) is 0 Å². The molecular weight excluding hydrogens is 250 g/mol. The molecule has 20 heavy (non-hydrogen) atoms. The molecule has 2 N–H and O–H groups in total. The van der Waals surface area contributed by atoms with Crippen molar-refractivity contribution >= 4 is 0 Å². The van der Waals surface area contributed by atoms with E-state index in [-0.39, 0.29) is 0 Å². The van der Waals surface area contributed by atoms with Crippen LogP contribution in [0.4, 0.5) is 0 Å². The Labute approximate surface area is 120 Å². The summed E-state index contributed by atoms with van der Waals surface area (Å²) in [6, 6.07) is 14.2. The average Bonchev–Trinajstić information content (AvgIpc) is 2.48. The molecule has 2 aromatic carbocycles. The van der Waals surface area contributed by atoms with E-state index in [1.54, 1.807) is 25.3 Å². The van der Waals surface area contributed by atoms with Crippen LogP contribution in [-0.2, 0) is 19.4 Å². The van der Waals surface area contributed by atoms with Crippen molar-refractivity contribution in [3.8, 4) is 11.5 Å². The van der Waals surface area contributed by atoms with Gasteiger partial charge in [0.2, 0.25) is 0 Å². The standard InChI is InChI=1S/C9H13NO2.C8H8/c1-11-8-3-4-9(12-2)7(5-8)6-10;1-2-4-8-6-5-7(8)3-1/h3-5H,6,10H2,1-2H3;1-4H,5-6H2. The molecule has 0 saturated heterocycles. The van der Waals surface area contributed by atoms with Gasteiger partial charge >= 0.3 is 0 Å². The molecule has 0 saturated carbocycles. The Hall–Kier alpha value is -2.00. The first-order valence-corrected chi connectivity index (χ1v) is 6.76. The van der Waals surface area contributed by atoms with Gasteiger partial charge in [-0.25, -0.2) is 0 Å². The largest absolute Gasteiger partial charge is 0.497 e. The van der Waals surface area contributed by atoms with E-state index in [2.05, 4.69) is 24.3 Å². The number of nitrogens with two attached hydrogens (primary N) is 1. The molecule has 2 aromatic rings. The Morgan fingerprint density at radius 1 is 0.950 bits per heavy atom. The van der Waals surface area contributed by atoms with Crippen LogP contribution in [0.2, 0.25) is 0 Å². The number of fused-ring (bicyclic) bond motifs is 1. The first-order chi connectivity index (χ1) is 9.78. The van der Waals surface area contributed by atoms with Crippen molar-refractivity contribution in [3.05, 3.63) is 59.2 Å². The second kappa shape index (κ2) is 6.96. The number of aryl methyl sites for hydroxylation is 2. The summed E-state index contributed by atoms with van der Waals surface area (Å²) in [6.07, 6.45) is 2.60. The van der Waals surface area contributed by atoms with Crippen LogP contribution in [0.3, 0.4) is 0 Å². The normalized spacial score (nSPS) is 11.6. The van der Waals surface area contributed by atoms with Gasteiger partial charge in [0.25, 0.3) is 0 Å². The predicted octanol–water partition coefficient (Wildman–Crippen LogP) is 2.95. The van der Waals surface area contributed by atoms with Gasteiger partial charge in [0.1, 0.15) is 11.5 Å². The molecule has 0 radical (unpaired) electrons. The molecular formula is C17H21NO2. The summed E-state index contributed by atoms with van der Waals surface area (Å²) >= 11 is 0. The van der Waals surface area contributed by atoms with E-state index in [4.69, 9.17) is 15.2 Å². The Kier molecular flexibility index (Phi) is 5.02. The van der Waals surface area contributed by atoms with Gasteiger partial charge in [-0.1, -0.05) is 24.3 Å². The highest BCUT2D eigenvalue weighted by Crippen LogP contribution is 2.23. The topological polar surface area (TPSA) is 44.5 Å². The minimum Gasteiger partial charge on any atom is -0.497 e. The maximum atomic E-state index is 5.51. The molecule has 0 fully saturated rings. The summed E-state index contributed by atoms with van der Waals surface area (Å²) < 4.78 is 10.1. The van der Waals surface area contributed by atoms with Gasteiger partial charge in [0.15, 0.2) is 0 Å². The molecule has 3 rings (SSSR count). The van der Waals surface area contributed by atoms with Gasteiger partial charge in [0.05, 0.1) is 14.2 Å². The van der Waals surface area contributed by atoms with E-state index in [1.165, 1.54) is 12.8 Å². The van der Waals surface area contributed by atoms with Gasteiger partial charge in [0, 0.05) is 12.1 Å². The number of methoxy groups -OCH3 is 2. The Balaban J connectivity index is 0.000000157. The van der Waals surface area contributed by atoms with E-state index in [9.17, 15) is 0 Å². The average molecular weight is 271 g/mol. The first-order valence-electron chi connectivity index (χ1n) is 6.76. The fraction of sp³-hybridized carbons (Fsp3) is 0.294. The molecule has 3 heteroatoms. The number of benzene rings is 2. The lowest BCUT2D eigenvalue weighted by molar-refractivity contribution is 0.399. The molecule has 0 aromatic heterocycles. The van der Waals surface area contributed by atoms with Crippen LogP contribution < -0.4 is 15.2 Å². The molecule has 1 aliphatic carbocycles. The third kappa shape index (κ3) is 3.31. The number of hydrogen-bond donors (Lipinski definition) is 1. The summed E-state index contributed by atoms with van der Waals surface area (Å²) in [5.74, 6) is 1.61. The molecule has 0 spiro atoms. The molecule has 0 heterocycles. The van der Waals surface area contributed by atoms with Crippen molar-refractivity contribution in [1.82, 2.24) is 0 Å². The maximum Gasteiger partial charge on any atom is 0.123 e. The van der Waals surface area contributed by atoms with Gasteiger partial charge in [-0.2, -0.15) is 0 Å². The molecule has 0 bridgehead atoms. The second-order valence-corrected chi connectivity index (χ2v) is 4.65. The lowest BCUT2D eigenvalue weighted by Gasteiger charge is -2.16. The first kappa shape index (κ1) is 14.4. The van der Waals surface area contributed by atoms with E-state index in [0.29, 0.717) is 6.54 Å². The van der Waals surface area contributed by atoms with Crippen molar-refractivity contribution in [1.29, 1.82) is 0 Å². The molecule has 0 atom stereocenters. The molecule has 106 valence electrons. The van der Waals surface area contributed by atoms with Crippen LogP contribution in [0.1, 0.15) is 16.7 Å². The Bertz CT molecular complexity index is 544. The van der Waals surface area contributed by atoms with Crippen LogP contribution >= 0.6 is 0 Å². The zero-order valence-corrected chi connectivity index (χ0v) is 12.1. The quantitative estimate of drug-likeness (QED) is 0.933. The lowest BCUT2D eigenvalue weighted by atomic mass is 9.89. The number of rotatable bonds is 3. The second-order valence-electron chi connectivity index (χ2n) is 4.65. The van der Waals surface area contributed by atoms with Crippen LogP contribution in [0.15, 0.2) is 42.5 Å². The van der Waals surface area contributed by atoms with Gasteiger partial charge < -0.3 is 15.2 Å². The molecule has 0 amide bonds. The number of ether oxygens (including phenoxy) is 2.